The van der Waals surface area contributed by atoms with Gasteiger partial charge in [-0.1, -0.05) is 321 Å². The number of aliphatic hydroxyl groups is 2. The molecule has 0 rings (SSSR count). The number of ether oxygens (including phenoxy) is 1. The first-order valence-electron chi connectivity index (χ1n) is 32.9. The third kappa shape index (κ3) is 57.9. The van der Waals surface area contributed by atoms with Crippen LogP contribution < -0.4 is 5.32 Å². The fourth-order valence-electron chi connectivity index (χ4n) is 10.5. The normalized spacial score (nSPS) is 12.6. The molecule has 0 saturated heterocycles. The molecular weight excluding hydrogens is 887 g/mol. The molecule has 0 bridgehead atoms. The predicted octanol–water partition coefficient (Wildman–Crippen LogP) is 20.8. The predicted molar refractivity (Wildman–Crippen MR) is 315 cm³/mol. The Hall–Kier alpha value is -1.40. The van der Waals surface area contributed by atoms with Crippen molar-refractivity contribution >= 4 is 11.9 Å². The van der Waals surface area contributed by atoms with E-state index in [2.05, 4.69) is 31.3 Å². The topological polar surface area (TPSA) is 95.9 Å². The maximum atomic E-state index is 12.5. The Morgan fingerprint density at radius 2 is 0.653 bits per heavy atom. The van der Waals surface area contributed by atoms with Crippen LogP contribution in [0.2, 0.25) is 0 Å². The quantitative estimate of drug-likeness (QED) is 0.0320. The van der Waals surface area contributed by atoms with Gasteiger partial charge in [0.1, 0.15) is 0 Å². The van der Waals surface area contributed by atoms with E-state index in [9.17, 15) is 19.8 Å². The summed E-state index contributed by atoms with van der Waals surface area (Å²) >= 11 is 0. The van der Waals surface area contributed by atoms with Gasteiger partial charge in [-0.15, -0.1) is 0 Å². The first-order chi connectivity index (χ1) is 35.5. The lowest BCUT2D eigenvalue weighted by Crippen LogP contribution is -2.45. The highest BCUT2D eigenvalue weighted by Gasteiger charge is 2.20. The van der Waals surface area contributed by atoms with Crippen molar-refractivity contribution in [3.63, 3.8) is 0 Å². The highest BCUT2D eigenvalue weighted by Crippen LogP contribution is 2.18. The van der Waals surface area contributed by atoms with E-state index in [0.717, 1.165) is 44.9 Å². The van der Waals surface area contributed by atoms with E-state index in [-0.39, 0.29) is 18.5 Å². The van der Waals surface area contributed by atoms with Gasteiger partial charge in [0.05, 0.1) is 25.4 Å². The molecule has 6 nitrogen and oxygen atoms in total. The number of amides is 1. The minimum absolute atomic E-state index is 0.00576. The van der Waals surface area contributed by atoms with E-state index in [1.165, 1.54) is 295 Å². The van der Waals surface area contributed by atoms with E-state index in [0.29, 0.717) is 25.9 Å². The third-order valence-corrected chi connectivity index (χ3v) is 15.6. The highest BCUT2D eigenvalue weighted by atomic mass is 16.5. The number of hydrogen-bond acceptors (Lipinski definition) is 5. The van der Waals surface area contributed by atoms with Crippen LogP contribution in [0.3, 0.4) is 0 Å². The van der Waals surface area contributed by atoms with Gasteiger partial charge in [-0.05, 0) is 51.4 Å². The Morgan fingerprint density at radius 1 is 0.375 bits per heavy atom. The van der Waals surface area contributed by atoms with Crippen molar-refractivity contribution in [3.8, 4) is 0 Å². The lowest BCUT2D eigenvalue weighted by Gasteiger charge is -2.22. The second-order valence-corrected chi connectivity index (χ2v) is 22.8. The number of carbonyl (C=O) groups excluding carboxylic acids is 2. The Bertz CT molecular complexity index is 1080. The van der Waals surface area contributed by atoms with Gasteiger partial charge in [-0.3, -0.25) is 9.59 Å². The summed E-state index contributed by atoms with van der Waals surface area (Å²) in [7, 11) is 0. The summed E-state index contributed by atoms with van der Waals surface area (Å²) in [6.45, 7) is 4.97. The smallest absolute Gasteiger partial charge is 0.305 e. The number of unbranched alkanes of at least 4 members (excludes halogenated alkanes) is 49. The summed E-state index contributed by atoms with van der Waals surface area (Å²) in [5, 5.41) is 23.4. The molecule has 0 aromatic heterocycles. The van der Waals surface area contributed by atoms with Gasteiger partial charge in [0.2, 0.25) is 5.91 Å². The minimum Gasteiger partial charge on any atom is -0.466 e. The molecule has 1 amide bonds. The summed E-state index contributed by atoms with van der Waals surface area (Å²) in [5.41, 5.74) is 0. The third-order valence-electron chi connectivity index (χ3n) is 15.6. The molecule has 0 heterocycles. The first-order valence-corrected chi connectivity index (χ1v) is 32.9. The van der Waals surface area contributed by atoms with Crippen molar-refractivity contribution in [2.24, 2.45) is 0 Å². The highest BCUT2D eigenvalue weighted by molar-refractivity contribution is 5.76. The summed E-state index contributed by atoms with van der Waals surface area (Å²) in [6, 6.07) is -0.549. The van der Waals surface area contributed by atoms with Crippen LogP contribution in [-0.4, -0.2) is 47.4 Å². The largest absolute Gasteiger partial charge is 0.466 e. The van der Waals surface area contributed by atoms with Crippen LogP contribution in [0.15, 0.2) is 12.2 Å². The van der Waals surface area contributed by atoms with Crippen molar-refractivity contribution in [2.75, 3.05) is 13.2 Å². The molecule has 0 aliphatic rings. The molecule has 0 aromatic rings. The first kappa shape index (κ1) is 70.6. The second kappa shape index (κ2) is 62.1. The maximum absolute atomic E-state index is 12.5. The van der Waals surface area contributed by atoms with Gasteiger partial charge in [0.15, 0.2) is 0 Å². The molecule has 0 saturated carbocycles. The van der Waals surface area contributed by atoms with Gasteiger partial charge in [-0.2, -0.15) is 0 Å². The van der Waals surface area contributed by atoms with Crippen molar-refractivity contribution < 1.29 is 24.5 Å². The van der Waals surface area contributed by atoms with Crippen molar-refractivity contribution in [1.82, 2.24) is 5.32 Å². The van der Waals surface area contributed by atoms with E-state index in [4.69, 9.17) is 4.74 Å². The molecule has 72 heavy (non-hydrogen) atoms. The average Bonchev–Trinajstić information content (AvgIpc) is 3.38. The maximum Gasteiger partial charge on any atom is 0.305 e. The van der Waals surface area contributed by atoms with Gasteiger partial charge in [0, 0.05) is 12.8 Å². The monoisotopic (exact) mass is 1020 g/mol. The summed E-state index contributed by atoms with van der Waals surface area (Å²) in [6.07, 6.45) is 75.2. The lowest BCUT2D eigenvalue weighted by molar-refractivity contribution is -0.143. The van der Waals surface area contributed by atoms with Crippen LogP contribution in [0.25, 0.3) is 0 Å². The SMILES string of the molecule is CCCCCCCCCCCCCCCCCCCCCCCCCCC(O)C(CO)NC(=O)CCCCCCCCC/C=C\CCCCCCCCCCOC(=O)CCCCCCCCCCCCCC. The molecule has 3 N–H and O–H groups in total. The lowest BCUT2D eigenvalue weighted by atomic mass is 10.0. The van der Waals surface area contributed by atoms with E-state index >= 15 is 0 Å². The summed E-state index contributed by atoms with van der Waals surface area (Å²) in [5.74, 6) is -0.0341. The molecule has 0 radical (unpaired) electrons. The fraction of sp³-hybridized carbons (Fsp3) is 0.939. The van der Waals surface area contributed by atoms with E-state index < -0.39 is 12.1 Å². The number of allylic oxidation sites excluding steroid dienone is 2. The van der Waals surface area contributed by atoms with Crippen LogP contribution in [0.5, 0.6) is 0 Å². The molecule has 2 unspecified atom stereocenters. The average molecular weight is 1020 g/mol. The molecule has 428 valence electrons. The van der Waals surface area contributed by atoms with Gasteiger partial charge in [-0.25, -0.2) is 0 Å². The Morgan fingerprint density at radius 3 is 0.986 bits per heavy atom. The van der Waals surface area contributed by atoms with Crippen LogP contribution >= 0.6 is 0 Å². The molecule has 0 aliphatic heterocycles. The molecule has 0 fully saturated rings. The number of esters is 1. The molecule has 2 atom stereocenters. The van der Waals surface area contributed by atoms with Crippen molar-refractivity contribution in [3.05, 3.63) is 12.2 Å². The molecule has 0 spiro atoms. The Kier molecular flexibility index (Phi) is 60.9. The van der Waals surface area contributed by atoms with Crippen LogP contribution in [-0.2, 0) is 14.3 Å². The van der Waals surface area contributed by atoms with Gasteiger partial charge in [0.25, 0.3) is 0 Å². The summed E-state index contributed by atoms with van der Waals surface area (Å²) in [4.78, 5) is 24.6. The minimum atomic E-state index is -0.671. The van der Waals surface area contributed by atoms with Crippen LogP contribution in [0, 0.1) is 0 Å². The fourth-order valence-corrected chi connectivity index (χ4v) is 10.5. The number of carbonyl (C=O) groups is 2. The number of aliphatic hydroxyl groups excluding tert-OH is 2. The number of hydrogen-bond donors (Lipinski definition) is 3. The van der Waals surface area contributed by atoms with Crippen LogP contribution in [0.1, 0.15) is 373 Å². The van der Waals surface area contributed by atoms with Gasteiger partial charge < -0.3 is 20.3 Å². The number of nitrogens with one attached hydrogen (secondary N) is 1. The Balaban J connectivity index is 3.43. The Labute approximate surface area is 450 Å². The summed E-state index contributed by atoms with van der Waals surface area (Å²) < 4.78 is 5.47. The zero-order chi connectivity index (χ0) is 52.2. The zero-order valence-corrected chi connectivity index (χ0v) is 48.9. The van der Waals surface area contributed by atoms with Crippen LogP contribution in [0.4, 0.5) is 0 Å². The molecular formula is C66H129NO5. The van der Waals surface area contributed by atoms with Gasteiger partial charge >= 0.3 is 5.97 Å². The molecule has 0 aromatic carbocycles. The zero-order valence-electron chi connectivity index (χ0n) is 48.9. The number of rotatable bonds is 62. The van der Waals surface area contributed by atoms with E-state index in [1.54, 1.807) is 0 Å². The second-order valence-electron chi connectivity index (χ2n) is 22.8. The van der Waals surface area contributed by atoms with Crippen molar-refractivity contribution in [2.45, 2.75) is 386 Å². The standard InChI is InChI=1S/C66H129NO5/c1-3-5-7-9-11-13-15-17-18-19-20-21-22-23-24-26-29-32-35-38-42-46-50-54-58-64(69)63(62-68)67-65(70)59-55-51-47-43-39-36-33-30-27-25-28-31-34-37-41-45-49-53-57-61-72-66(71)60-56-52-48-44-40-16-14-12-10-8-6-4-2/h25,27,63-64,68-69H,3-24,26,28-62H2,1-2H3,(H,67,70)/b27-25-. The molecule has 6 heteroatoms. The molecule has 0 aliphatic carbocycles. The van der Waals surface area contributed by atoms with E-state index in [1.807, 2.05) is 0 Å². The van der Waals surface area contributed by atoms with Crippen molar-refractivity contribution in [1.29, 1.82) is 0 Å².